The van der Waals surface area contributed by atoms with Crippen LogP contribution in [0.3, 0.4) is 0 Å². The van der Waals surface area contributed by atoms with Crippen LogP contribution >= 0.6 is 0 Å². The number of hydrogen-bond donors (Lipinski definition) is 2. The average molecular weight is 541 g/mol. The first-order chi connectivity index (χ1) is 17.4. The molecular weight excluding hydrogens is 519 g/mol. The minimum Gasteiger partial charge on any atom is -0.406 e. The lowest BCUT2D eigenvalue weighted by Gasteiger charge is -2.36. The largest absolute Gasteiger partial charge is 0.573 e. The minimum atomic E-state index is -4.91. The van der Waals surface area contributed by atoms with Crippen LogP contribution in [-0.4, -0.2) is 36.6 Å². The first-order valence-electron chi connectivity index (χ1n) is 11.4. The Balaban J connectivity index is 1.45. The van der Waals surface area contributed by atoms with E-state index < -0.39 is 52.0 Å². The molecule has 3 aromatic carbocycles. The van der Waals surface area contributed by atoms with Crippen LogP contribution < -0.4 is 9.46 Å². The van der Waals surface area contributed by atoms with Crippen molar-refractivity contribution in [1.82, 2.24) is 9.29 Å². The van der Waals surface area contributed by atoms with E-state index in [0.717, 1.165) is 24.3 Å². The predicted octanol–water partition coefficient (Wildman–Crippen LogP) is 5.40. The quantitative estimate of drug-likeness (QED) is 0.332. The number of nitrogens with zero attached hydrogens (tertiary/aromatic N) is 1. The Labute approximate surface area is 208 Å². The Kier molecular flexibility index (Phi) is 6.37. The lowest BCUT2D eigenvalue weighted by atomic mass is 9.88. The number of benzene rings is 3. The number of fused-ring (bicyclic) bond motifs is 3. The van der Waals surface area contributed by atoms with Gasteiger partial charge in [-0.15, -0.1) is 13.2 Å². The molecule has 0 amide bonds. The molecule has 1 aromatic heterocycles. The molecule has 4 aromatic rings. The highest BCUT2D eigenvalue weighted by atomic mass is 32.2. The van der Waals surface area contributed by atoms with Crippen molar-refractivity contribution in [3.63, 3.8) is 0 Å². The maximum atomic E-state index is 14.0. The average Bonchev–Trinajstić information content (AvgIpc) is 3.12. The Bertz CT molecular complexity index is 1510. The third kappa shape index (κ3) is 5.00. The molecule has 0 saturated heterocycles. The van der Waals surface area contributed by atoms with Crippen LogP contribution in [0.5, 0.6) is 5.75 Å². The van der Waals surface area contributed by atoms with Gasteiger partial charge in [-0.3, -0.25) is 0 Å². The van der Waals surface area contributed by atoms with Crippen LogP contribution in [0.2, 0.25) is 0 Å². The molecular formula is C25H21F5N2O4S. The summed E-state index contributed by atoms with van der Waals surface area (Å²) in [5, 5.41) is 12.2. The van der Waals surface area contributed by atoms with Gasteiger partial charge < -0.3 is 14.4 Å². The lowest BCUT2D eigenvalue weighted by Crippen LogP contribution is -2.49. The van der Waals surface area contributed by atoms with Gasteiger partial charge in [-0.25, -0.2) is 21.9 Å². The standard InChI is InChI=1S/C25H21F5N2O4S/c26-14-4-10-21-18(12-14)19-13-15(27)5-11-22(19)32(21)23-3-1-2-20(24(23)33)31-37(34,35)17-8-6-16(7-9-17)36-25(28,29)30/h4-13,20,23-24,31,33H,1-3H2/t20-,23+,24+/m1/s1. The summed E-state index contributed by atoms with van der Waals surface area (Å²) in [5.74, 6) is -1.57. The number of rotatable bonds is 5. The fraction of sp³-hybridized carbons (Fsp3) is 0.280. The summed E-state index contributed by atoms with van der Waals surface area (Å²) in [6, 6.07) is 10.4. The summed E-state index contributed by atoms with van der Waals surface area (Å²) in [4.78, 5) is -0.292. The van der Waals surface area contributed by atoms with Gasteiger partial charge in [-0.05, 0) is 79.9 Å². The zero-order valence-corrected chi connectivity index (χ0v) is 19.9. The molecule has 12 heteroatoms. The van der Waals surface area contributed by atoms with Gasteiger partial charge in [-0.2, -0.15) is 0 Å². The SMILES string of the molecule is O=S(=O)(N[C@@H]1CCC[C@H](n2c3ccc(F)cc3c3cc(F)ccc32)[C@H]1O)c1ccc(OC(F)(F)F)cc1. The molecule has 0 aliphatic heterocycles. The summed E-state index contributed by atoms with van der Waals surface area (Å²) in [6.45, 7) is 0. The van der Waals surface area contributed by atoms with Crippen molar-refractivity contribution in [3.05, 3.63) is 72.3 Å². The van der Waals surface area contributed by atoms with E-state index in [1.54, 1.807) is 4.57 Å². The molecule has 1 heterocycles. The molecule has 1 fully saturated rings. The summed E-state index contributed by atoms with van der Waals surface area (Å²) in [7, 11) is -4.20. The first kappa shape index (κ1) is 25.4. The molecule has 0 bridgehead atoms. The van der Waals surface area contributed by atoms with Crippen LogP contribution in [0.4, 0.5) is 22.0 Å². The second-order valence-corrected chi connectivity index (χ2v) is 10.6. The van der Waals surface area contributed by atoms with Gasteiger partial charge in [0.25, 0.3) is 0 Å². The van der Waals surface area contributed by atoms with E-state index in [1.165, 1.54) is 36.4 Å². The highest BCUT2D eigenvalue weighted by Crippen LogP contribution is 2.39. The monoisotopic (exact) mass is 540 g/mol. The number of aliphatic hydroxyl groups is 1. The lowest BCUT2D eigenvalue weighted by molar-refractivity contribution is -0.274. The fourth-order valence-electron chi connectivity index (χ4n) is 5.01. The second kappa shape index (κ2) is 9.26. The van der Waals surface area contributed by atoms with Crippen LogP contribution in [0.25, 0.3) is 21.8 Å². The van der Waals surface area contributed by atoms with Crippen LogP contribution in [0.15, 0.2) is 65.6 Å². The Morgan fingerprint density at radius 3 is 2.00 bits per heavy atom. The van der Waals surface area contributed by atoms with Crippen molar-refractivity contribution in [2.75, 3.05) is 0 Å². The first-order valence-corrected chi connectivity index (χ1v) is 12.9. The van der Waals surface area contributed by atoms with Crippen molar-refractivity contribution in [2.24, 2.45) is 0 Å². The molecule has 5 rings (SSSR count). The number of nitrogens with one attached hydrogen (secondary N) is 1. The smallest absolute Gasteiger partial charge is 0.406 e. The molecule has 196 valence electrons. The van der Waals surface area contributed by atoms with Crippen LogP contribution in [-0.2, 0) is 10.0 Å². The number of sulfonamides is 1. The summed E-state index contributed by atoms with van der Waals surface area (Å²) in [6.07, 6.45) is -4.78. The van der Waals surface area contributed by atoms with E-state index in [4.69, 9.17) is 0 Å². The van der Waals surface area contributed by atoms with Gasteiger partial charge in [0, 0.05) is 21.8 Å². The molecule has 1 saturated carbocycles. The highest BCUT2D eigenvalue weighted by Gasteiger charge is 2.37. The van der Waals surface area contributed by atoms with Gasteiger partial charge in [0.15, 0.2) is 0 Å². The number of alkyl halides is 3. The molecule has 0 spiro atoms. The molecule has 37 heavy (non-hydrogen) atoms. The van der Waals surface area contributed by atoms with E-state index in [2.05, 4.69) is 9.46 Å². The predicted molar refractivity (Wildman–Crippen MR) is 125 cm³/mol. The second-order valence-electron chi connectivity index (χ2n) is 8.93. The van der Waals surface area contributed by atoms with Crippen LogP contribution in [0, 0.1) is 11.6 Å². The van der Waals surface area contributed by atoms with Gasteiger partial charge in [0.05, 0.1) is 23.1 Å². The van der Waals surface area contributed by atoms with Gasteiger partial charge >= 0.3 is 6.36 Å². The Hall–Kier alpha value is -3.22. The fourth-order valence-corrected chi connectivity index (χ4v) is 6.30. The van der Waals surface area contributed by atoms with Crippen molar-refractivity contribution >= 4 is 31.8 Å². The maximum absolute atomic E-state index is 14.0. The number of aromatic nitrogens is 1. The molecule has 2 N–H and O–H groups in total. The zero-order chi connectivity index (χ0) is 26.5. The van der Waals surface area contributed by atoms with E-state index in [0.29, 0.717) is 41.1 Å². The minimum absolute atomic E-state index is 0.292. The number of aliphatic hydroxyl groups excluding tert-OH is 1. The van der Waals surface area contributed by atoms with Crippen LogP contribution in [0.1, 0.15) is 25.3 Å². The van der Waals surface area contributed by atoms with Crippen molar-refractivity contribution in [2.45, 2.75) is 48.7 Å². The normalized spacial score (nSPS) is 21.0. The maximum Gasteiger partial charge on any atom is 0.573 e. The molecule has 0 radical (unpaired) electrons. The Morgan fingerprint density at radius 1 is 0.892 bits per heavy atom. The van der Waals surface area contributed by atoms with Crippen molar-refractivity contribution in [3.8, 4) is 5.75 Å². The molecule has 3 atom stereocenters. The summed E-state index contributed by atoms with van der Waals surface area (Å²) >= 11 is 0. The molecule has 1 aliphatic carbocycles. The van der Waals surface area contributed by atoms with Crippen molar-refractivity contribution < 1.29 is 40.2 Å². The zero-order valence-electron chi connectivity index (χ0n) is 19.0. The van der Waals surface area contributed by atoms with E-state index >= 15 is 0 Å². The number of ether oxygens (including phenoxy) is 1. The third-order valence-corrected chi connectivity index (χ3v) is 8.06. The third-order valence-electron chi connectivity index (χ3n) is 6.55. The van der Waals surface area contributed by atoms with E-state index in [1.807, 2.05) is 0 Å². The molecule has 0 unspecified atom stereocenters. The van der Waals surface area contributed by atoms with Gasteiger partial charge in [0.1, 0.15) is 17.4 Å². The topological polar surface area (TPSA) is 80.6 Å². The molecule has 1 aliphatic rings. The van der Waals surface area contributed by atoms with Gasteiger partial charge in [0.2, 0.25) is 10.0 Å². The van der Waals surface area contributed by atoms with E-state index in [-0.39, 0.29) is 4.90 Å². The Morgan fingerprint density at radius 2 is 1.46 bits per heavy atom. The summed E-state index contributed by atoms with van der Waals surface area (Å²) < 4.78 is 99.1. The van der Waals surface area contributed by atoms with E-state index in [9.17, 15) is 35.5 Å². The highest BCUT2D eigenvalue weighted by molar-refractivity contribution is 7.89. The number of halogens is 5. The van der Waals surface area contributed by atoms with Gasteiger partial charge in [-0.1, -0.05) is 0 Å². The summed E-state index contributed by atoms with van der Waals surface area (Å²) in [5.41, 5.74) is 1.13. The van der Waals surface area contributed by atoms with Crippen molar-refractivity contribution in [1.29, 1.82) is 0 Å². The molecule has 6 nitrogen and oxygen atoms in total. The number of hydrogen-bond acceptors (Lipinski definition) is 4.